The van der Waals surface area contributed by atoms with Gasteiger partial charge in [-0.3, -0.25) is 9.59 Å². The molecule has 1 aromatic heterocycles. The summed E-state index contributed by atoms with van der Waals surface area (Å²) in [5, 5.41) is 4.03. The van der Waals surface area contributed by atoms with Crippen molar-refractivity contribution < 1.29 is 14.0 Å². The van der Waals surface area contributed by atoms with Gasteiger partial charge in [-0.25, -0.2) is 0 Å². The Hall–Kier alpha value is -3.02. The van der Waals surface area contributed by atoms with Crippen molar-refractivity contribution >= 4 is 30.6 Å². The van der Waals surface area contributed by atoms with Crippen LogP contribution in [0.2, 0.25) is 0 Å². The lowest BCUT2D eigenvalue weighted by atomic mass is 9.88. The van der Waals surface area contributed by atoms with Gasteiger partial charge in [0.2, 0.25) is 11.8 Å². The van der Waals surface area contributed by atoms with Gasteiger partial charge in [0, 0.05) is 25.4 Å². The Kier molecular flexibility index (Phi) is 5.64. The van der Waals surface area contributed by atoms with Crippen LogP contribution in [0.5, 0.6) is 0 Å². The Morgan fingerprint density at radius 2 is 1.74 bits per heavy atom. The molecule has 3 rings (SSSR count). The first kappa shape index (κ1) is 18.8. The Labute approximate surface area is 159 Å². The molecular formula is C21H23BN2O3. The number of para-hydroxylation sites is 1. The normalized spacial score (nSPS) is 13.1. The molecule has 0 spiro atoms. The van der Waals surface area contributed by atoms with Crippen LogP contribution in [0.1, 0.15) is 17.0 Å². The molecule has 3 aromatic rings. The Morgan fingerprint density at radius 1 is 1.07 bits per heavy atom. The Bertz CT molecular complexity index is 937. The van der Waals surface area contributed by atoms with E-state index in [2.05, 4.69) is 5.32 Å². The van der Waals surface area contributed by atoms with Crippen LogP contribution in [0.25, 0.3) is 11.0 Å². The van der Waals surface area contributed by atoms with E-state index in [1.165, 1.54) is 4.90 Å². The van der Waals surface area contributed by atoms with E-state index in [-0.39, 0.29) is 17.8 Å². The third kappa shape index (κ3) is 4.22. The lowest BCUT2D eigenvalue weighted by Crippen LogP contribution is -2.44. The number of amides is 2. The fourth-order valence-electron chi connectivity index (χ4n) is 3.21. The van der Waals surface area contributed by atoms with Crippen LogP contribution in [0.4, 0.5) is 0 Å². The quantitative estimate of drug-likeness (QED) is 0.538. The molecule has 0 saturated carbocycles. The number of likely N-dealkylation sites (N-methyl/N-ethyl adjacent to an activating group) is 1. The lowest BCUT2D eigenvalue weighted by molar-refractivity contribution is -0.136. The molecular weight excluding hydrogens is 339 g/mol. The van der Waals surface area contributed by atoms with Gasteiger partial charge in [0.25, 0.3) is 0 Å². The minimum absolute atomic E-state index is 0.139. The van der Waals surface area contributed by atoms with Gasteiger partial charge in [0.15, 0.2) is 0 Å². The molecule has 0 fully saturated rings. The number of benzene rings is 2. The van der Waals surface area contributed by atoms with E-state index in [1.807, 2.05) is 50.3 Å². The van der Waals surface area contributed by atoms with E-state index in [0.717, 1.165) is 16.5 Å². The molecule has 2 atom stereocenters. The number of nitrogens with one attached hydrogen (secondary N) is 1. The van der Waals surface area contributed by atoms with E-state index in [1.54, 1.807) is 32.5 Å². The van der Waals surface area contributed by atoms with Crippen molar-refractivity contribution in [1.29, 1.82) is 0 Å². The second-order valence-corrected chi connectivity index (χ2v) is 6.95. The van der Waals surface area contributed by atoms with Crippen LogP contribution in [-0.2, 0) is 16.0 Å². The van der Waals surface area contributed by atoms with Crippen molar-refractivity contribution in [1.82, 2.24) is 10.2 Å². The number of rotatable bonds is 6. The van der Waals surface area contributed by atoms with E-state index < -0.39 is 5.92 Å². The van der Waals surface area contributed by atoms with Crippen LogP contribution in [0.15, 0.2) is 65.3 Å². The first-order valence-electron chi connectivity index (χ1n) is 8.99. The molecule has 2 unspecified atom stereocenters. The summed E-state index contributed by atoms with van der Waals surface area (Å²) in [6, 6.07) is 17.0. The van der Waals surface area contributed by atoms with Crippen molar-refractivity contribution in [2.75, 3.05) is 14.1 Å². The maximum Gasteiger partial charge on any atom is 0.239 e. The van der Waals surface area contributed by atoms with Gasteiger partial charge in [-0.2, -0.15) is 0 Å². The zero-order chi connectivity index (χ0) is 19.4. The zero-order valence-electron chi connectivity index (χ0n) is 15.8. The third-order valence-corrected chi connectivity index (χ3v) is 4.56. The zero-order valence-corrected chi connectivity index (χ0v) is 15.8. The molecule has 27 heavy (non-hydrogen) atoms. The van der Waals surface area contributed by atoms with Crippen LogP contribution in [0.3, 0.4) is 0 Å². The average Bonchev–Trinajstić information content (AvgIpc) is 3.05. The number of carbonyl (C=O) groups is 2. The monoisotopic (exact) mass is 362 g/mol. The summed E-state index contributed by atoms with van der Waals surface area (Å²) in [6.45, 7) is 0. The fourth-order valence-corrected chi connectivity index (χ4v) is 3.21. The number of carbonyl (C=O) groups excluding carboxylic acids is 2. The molecule has 0 aliphatic rings. The van der Waals surface area contributed by atoms with Crippen LogP contribution < -0.4 is 5.32 Å². The summed E-state index contributed by atoms with van der Waals surface area (Å²) in [6.07, 6.45) is 2.35. The number of furan rings is 1. The second kappa shape index (κ2) is 8.12. The minimum atomic E-state index is -0.857. The molecule has 6 heteroatoms. The highest BCUT2D eigenvalue weighted by Crippen LogP contribution is 2.22. The SMILES string of the molecule is BC(Cc1coc2ccccc12)NC(=O)C(C(=O)N(C)C)c1ccccc1. The standard InChI is InChI=1S/C21H23BN2O3/c1-24(2)21(26)19(14-8-4-3-5-9-14)20(25)23-18(22)12-15-13-27-17-11-7-6-10-16(15)17/h3-11,13,18-19H,12,22H2,1-2H3,(H,23,25). The molecule has 5 nitrogen and oxygen atoms in total. The van der Waals surface area contributed by atoms with E-state index in [0.29, 0.717) is 12.0 Å². The molecule has 0 aliphatic carbocycles. The first-order chi connectivity index (χ1) is 13.0. The number of fused-ring (bicyclic) bond motifs is 1. The number of hydrogen-bond donors (Lipinski definition) is 1. The number of nitrogens with zero attached hydrogens (tertiary/aromatic N) is 1. The van der Waals surface area contributed by atoms with Crippen molar-refractivity contribution in [2.45, 2.75) is 18.3 Å². The number of hydrogen-bond acceptors (Lipinski definition) is 3. The lowest BCUT2D eigenvalue weighted by Gasteiger charge is -2.22. The molecule has 1 heterocycles. The summed E-state index contributed by atoms with van der Waals surface area (Å²) in [4.78, 5) is 27.0. The first-order valence-corrected chi connectivity index (χ1v) is 8.99. The molecule has 1 N–H and O–H groups in total. The molecule has 0 radical (unpaired) electrons. The van der Waals surface area contributed by atoms with Gasteiger partial charge >= 0.3 is 0 Å². The minimum Gasteiger partial charge on any atom is -0.464 e. The highest BCUT2D eigenvalue weighted by molar-refractivity contribution is 6.15. The summed E-state index contributed by atoms with van der Waals surface area (Å²) in [5.41, 5.74) is 2.55. The smallest absolute Gasteiger partial charge is 0.239 e. The molecule has 138 valence electrons. The summed E-state index contributed by atoms with van der Waals surface area (Å²) in [7, 11) is 5.25. The fraction of sp³-hybridized carbons (Fsp3) is 0.238. The van der Waals surface area contributed by atoms with E-state index >= 15 is 0 Å². The average molecular weight is 362 g/mol. The summed E-state index contributed by atoms with van der Waals surface area (Å²) in [5.74, 6) is -1.52. The van der Waals surface area contributed by atoms with E-state index in [9.17, 15) is 9.59 Å². The highest BCUT2D eigenvalue weighted by atomic mass is 16.3. The summed E-state index contributed by atoms with van der Waals surface area (Å²) < 4.78 is 5.57. The largest absolute Gasteiger partial charge is 0.464 e. The third-order valence-electron chi connectivity index (χ3n) is 4.56. The summed E-state index contributed by atoms with van der Waals surface area (Å²) >= 11 is 0. The predicted octanol–water partition coefficient (Wildman–Crippen LogP) is 1.92. The van der Waals surface area contributed by atoms with Crippen molar-refractivity contribution in [3.8, 4) is 0 Å². The molecule has 0 saturated heterocycles. The van der Waals surface area contributed by atoms with Crippen LogP contribution >= 0.6 is 0 Å². The van der Waals surface area contributed by atoms with Gasteiger partial charge in [-0.15, -0.1) is 0 Å². The second-order valence-electron chi connectivity index (χ2n) is 6.95. The Balaban J connectivity index is 1.75. The van der Waals surface area contributed by atoms with Gasteiger partial charge < -0.3 is 14.6 Å². The van der Waals surface area contributed by atoms with Gasteiger partial charge in [0.1, 0.15) is 19.3 Å². The van der Waals surface area contributed by atoms with Crippen molar-refractivity contribution in [3.05, 3.63) is 72.0 Å². The Morgan fingerprint density at radius 3 is 2.44 bits per heavy atom. The topological polar surface area (TPSA) is 62.6 Å². The van der Waals surface area contributed by atoms with Crippen molar-refractivity contribution in [2.24, 2.45) is 0 Å². The molecule has 2 aromatic carbocycles. The van der Waals surface area contributed by atoms with Gasteiger partial charge in [-0.05, 0) is 23.6 Å². The molecule has 2 amide bonds. The predicted molar refractivity (Wildman–Crippen MR) is 108 cm³/mol. The maximum atomic E-state index is 12.9. The van der Waals surface area contributed by atoms with Crippen molar-refractivity contribution in [3.63, 3.8) is 0 Å². The van der Waals surface area contributed by atoms with Crippen LogP contribution in [0, 0.1) is 0 Å². The molecule has 0 aliphatic heterocycles. The highest BCUT2D eigenvalue weighted by Gasteiger charge is 2.30. The maximum absolute atomic E-state index is 12.9. The van der Waals surface area contributed by atoms with Gasteiger partial charge in [-0.1, -0.05) is 48.5 Å². The molecule has 0 bridgehead atoms. The van der Waals surface area contributed by atoms with E-state index in [4.69, 9.17) is 4.42 Å². The van der Waals surface area contributed by atoms with Crippen LogP contribution in [-0.4, -0.2) is 44.6 Å². The van der Waals surface area contributed by atoms with Gasteiger partial charge in [0.05, 0.1) is 6.26 Å².